The molecule has 0 fully saturated rings. The number of alkyl halides is 3. The van der Waals surface area contributed by atoms with Gasteiger partial charge in [0, 0.05) is 6.04 Å². The molecule has 1 atom stereocenters. The van der Waals surface area contributed by atoms with Crippen LogP contribution in [-0.4, -0.2) is 19.6 Å². The van der Waals surface area contributed by atoms with E-state index in [9.17, 15) is 13.2 Å². The van der Waals surface area contributed by atoms with Gasteiger partial charge in [0.25, 0.3) is 0 Å². The van der Waals surface area contributed by atoms with Crippen LogP contribution in [0, 0.1) is 0 Å². The predicted molar refractivity (Wildman–Crippen MR) is 56.5 cm³/mol. The highest BCUT2D eigenvalue weighted by Gasteiger charge is 2.27. The van der Waals surface area contributed by atoms with Crippen molar-refractivity contribution in [3.63, 3.8) is 0 Å². The molecular formula is C11H14F3NO2. The van der Waals surface area contributed by atoms with Crippen LogP contribution in [0.1, 0.15) is 18.5 Å². The van der Waals surface area contributed by atoms with Crippen molar-refractivity contribution in [2.45, 2.75) is 19.1 Å². The quantitative estimate of drug-likeness (QED) is 0.644. The van der Waals surface area contributed by atoms with E-state index in [2.05, 4.69) is 4.74 Å². The Morgan fingerprint density at radius 1 is 1.35 bits per heavy atom. The van der Waals surface area contributed by atoms with Gasteiger partial charge in [-0.15, -0.1) is 0 Å². The highest BCUT2D eigenvalue weighted by atomic mass is 19.4. The van der Waals surface area contributed by atoms with E-state index >= 15 is 0 Å². The number of hydrogen-bond acceptors (Lipinski definition) is 3. The molecule has 1 unspecified atom stereocenters. The fraction of sp³-hybridized carbons (Fsp3) is 0.455. The van der Waals surface area contributed by atoms with Crippen LogP contribution in [0.5, 0.6) is 5.75 Å². The van der Waals surface area contributed by atoms with Crippen LogP contribution in [0.4, 0.5) is 13.2 Å². The highest BCUT2D eigenvalue weighted by Crippen LogP contribution is 2.18. The minimum atomic E-state index is -4.34. The minimum absolute atomic E-state index is 0.158. The van der Waals surface area contributed by atoms with Crippen molar-refractivity contribution in [2.75, 3.05) is 13.4 Å². The van der Waals surface area contributed by atoms with Gasteiger partial charge in [0.15, 0.2) is 6.79 Å². The molecule has 0 bridgehead atoms. The van der Waals surface area contributed by atoms with Crippen molar-refractivity contribution in [1.29, 1.82) is 0 Å². The van der Waals surface area contributed by atoms with E-state index in [0.717, 1.165) is 5.56 Å². The van der Waals surface area contributed by atoms with Gasteiger partial charge in [0.05, 0.1) is 0 Å². The maximum absolute atomic E-state index is 11.8. The Balaban J connectivity index is 2.39. The number of halogens is 3. The molecule has 0 aliphatic carbocycles. The molecule has 0 saturated heterocycles. The average Bonchev–Trinajstić information content (AvgIpc) is 2.23. The van der Waals surface area contributed by atoms with E-state index in [4.69, 9.17) is 10.5 Å². The van der Waals surface area contributed by atoms with E-state index in [1.807, 2.05) is 6.07 Å². The Bertz CT molecular complexity index is 353. The van der Waals surface area contributed by atoms with Crippen LogP contribution < -0.4 is 10.5 Å². The Hall–Kier alpha value is -1.27. The second kappa shape index (κ2) is 5.88. The lowest BCUT2D eigenvalue weighted by atomic mass is 10.1. The Morgan fingerprint density at radius 2 is 2.06 bits per heavy atom. The van der Waals surface area contributed by atoms with E-state index in [1.54, 1.807) is 25.1 Å². The smallest absolute Gasteiger partial charge is 0.411 e. The zero-order valence-electron chi connectivity index (χ0n) is 9.33. The molecule has 0 amide bonds. The molecule has 1 rings (SSSR count). The monoisotopic (exact) mass is 249 g/mol. The molecule has 0 heterocycles. The summed E-state index contributed by atoms with van der Waals surface area (Å²) in [6.45, 7) is 0.0428. The highest BCUT2D eigenvalue weighted by molar-refractivity contribution is 5.29. The van der Waals surface area contributed by atoms with Crippen molar-refractivity contribution in [1.82, 2.24) is 0 Å². The molecule has 0 aromatic heterocycles. The van der Waals surface area contributed by atoms with Gasteiger partial charge < -0.3 is 15.2 Å². The largest absolute Gasteiger partial charge is 0.468 e. The molecule has 6 heteroatoms. The minimum Gasteiger partial charge on any atom is -0.468 e. The van der Waals surface area contributed by atoms with Gasteiger partial charge >= 0.3 is 6.18 Å². The predicted octanol–water partition coefficient (Wildman–Crippen LogP) is 2.62. The first-order valence-electron chi connectivity index (χ1n) is 5.01. The summed E-state index contributed by atoms with van der Waals surface area (Å²) < 4.78 is 44.6. The summed E-state index contributed by atoms with van der Waals surface area (Å²) in [4.78, 5) is 0. The molecule has 0 radical (unpaired) electrons. The number of benzene rings is 1. The fourth-order valence-corrected chi connectivity index (χ4v) is 1.15. The fourth-order valence-electron chi connectivity index (χ4n) is 1.15. The van der Waals surface area contributed by atoms with Crippen LogP contribution in [-0.2, 0) is 4.74 Å². The average molecular weight is 249 g/mol. The molecule has 0 aliphatic rings. The van der Waals surface area contributed by atoms with Gasteiger partial charge in [-0.2, -0.15) is 13.2 Å². The van der Waals surface area contributed by atoms with Crippen LogP contribution in [0.2, 0.25) is 0 Å². The van der Waals surface area contributed by atoms with E-state index in [1.165, 1.54) is 0 Å². The van der Waals surface area contributed by atoms with Gasteiger partial charge in [0.2, 0.25) is 0 Å². The summed E-state index contributed by atoms with van der Waals surface area (Å²) in [6.07, 6.45) is -4.34. The summed E-state index contributed by atoms with van der Waals surface area (Å²) in [5.74, 6) is 0.432. The van der Waals surface area contributed by atoms with E-state index in [-0.39, 0.29) is 6.04 Å². The third-order valence-corrected chi connectivity index (χ3v) is 1.96. The second-order valence-electron chi connectivity index (χ2n) is 3.59. The zero-order chi connectivity index (χ0) is 12.9. The molecule has 2 N–H and O–H groups in total. The number of hydrogen-bond donors (Lipinski definition) is 1. The van der Waals surface area contributed by atoms with Crippen molar-refractivity contribution >= 4 is 0 Å². The van der Waals surface area contributed by atoms with Crippen molar-refractivity contribution in [3.05, 3.63) is 29.8 Å². The Labute approximate surface area is 97.3 Å². The Morgan fingerprint density at radius 3 is 2.65 bits per heavy atom. The lowest BCUT2D eigenvalue weighted by Crippen LogP contribution is -2.19. The third kappa shape index (κ3) is 5.55. The molecule has 0 spiro atoms. The number of nitrogens with two attached hydrogens (primary N) is 1. The first-order valence-corrected chi connectivity index (χ1v) is 5.01. The summed E-state index contributed by atoms with van der Waals surface area (Å²) >= 11 is 0. The van der Waals surface area contributed by atoms with Crippen molar-refractivity contribution < 1.29 is 22.6 Å². The topological polar surface area (TPSA) is 44.5 Å². The van der Waals surface area contributed by atoms with Crippen LogP contribution in [0.15, 0.2) is 24.3 Å². The van der Waals surface area contributed by atoms with Crippen LogP contribution in [0.25, 0.3) is 0 Å². The summed E-state index contributed by atoms with van der Waals surface area (Å²) in [6, 6.07) is 6.67. The molecule has 96 valence electrons. The molecule has 1 aromatic rings. The Kier molecular flexibility index (Phi) is 4.77. The van der Waals surface area contributed by atoms with Gasteiger partial charge in [0.1, 0.15) is 12.4 Å². The first-order chi connectivity index (χ1) is 7.88. The van der Waals surface area contributed by atoms with E-state index < -0.39 is 19.6 Å². The van der Waals surface area contributed by atoms with Crippen molar-refractivity contribution in [3.8, 4) is 5.75 Å². The second-order valence-corrected chi connectivity index (χ2v) is 3.59. The van der Waals surface area contributed by atoms with Crippen molar-refractivity contribution in [2.24, 2.45) is 5.73 Å². The summed E-state index contributed by atoms with van der Waals surface area (Å²) in [5, 5.41) is 0. The summed E-state index contributed by atoms with van der Waals surface area (Å²) in [7, 11) is 0. The maximum Gasteiger partial charge on any atom is 0.411 e. The first kappa shape index (κ1) is 13.8. The molecule has 1 aromatic carbocycles. The van der Waals surface area contributed by atoms with Gasteiger partial charge in [-0.3, -0.25) is 0 Å². The van der Waals surface area contributed by atoms with Crippen LogP contribution >= 0.6 is 0 Å². The molecular weight excluding hydrogens is 235 g/mol. The number of rotatable bonds is 5. The van der Waals surface area contributed by atoms with E-state index in [0.29, 0.717) is 5.75 Å². The third-order valence-electron chi connectivity index (χ3n) is 1.96. The lowest BCUT2D eigenvalue weighted by molar-refractivity contribution is -0.186. The lowest BCUT2D eigenvalue weighted by Gasteiger charge is -2.11. The molecule has 0 aliphatic heterocycles. The molecule has 0 saturated carbocycles. The van der Waals surface area contributed by atoms with Gasteiger partial charge in [-0.05, 0) is 24.6 Å². The normalized spacial score (nSPS) is 13.5. The van der Waals surface area contributed by atoms with Crippen LogP contribution in [0.3, 0.4) is 0 Å². The molecule has 17 heavy (non-hydrogen) atoms. The molecule has 3 nitrogen and oxygen atoms in total. The SMILES string of the molecule is CC(N)c1cccc(OCOCC(F)(F)F)c1. The van der Waals surface area contributed by atoms with Gasteiger partial charge in [-0.1, -0.05) is 12.1 Å². The maximum atomic E-state index is 11.8. The summed E-state index contributed by atoms with van der Waals surface area (Å²) in [5.41, 5.74) is 6.50. The standard InChI is InChI=1S/C11H14F3NO2/c1-8(15)9-3-2-4-10(5-9)17-7-16-6-11(12,13)14/h2-5,8H,6-7,15H2,1H3. The zero-order valence-corrected chi connectivity index (χ0v) is 9.33. The van der Waals surface area contributed by atoms with Gasteiger partial charge in [-0.25, -0.2) is 0 Å². The number of ether oxygens (including phenoxy) is 2.